The lowest BCUT2D eigenvalue weighted by molar-refractivity contribution is -0.274. The van der Waals surface area contributed by atoms with Crippen molar-refractivity contribution in [2.45, 2.75) is 31.5 Å². The molecule has 1 aliphatic heterocycles. The van der Waals surface area contributed by atoms with E-state index < -0.39 is 18.0 Å². The first kappa shape index (κ1) is 14.8. The average molecular weight is 296 g/mol. The molecule has 0 spiro atoms. The second-order valence-electron chi connectivity index (χ2n) is 4.60. The summed E-state index contributed by atoms with van der Waals surface area (Å²) in [5.41, 5.74) is 0. The van der Waals surface area contributed by atoms with E-state index in [1.54, 1.807) is 4.90 Å². The molecule has 0 atom stereocenters. The Morgan fingerprint density at radius 2 is 1.90 bits per heavy atom. The van der Waals surface area contributed by atoms with Crippen LogP contribution < -0.4 is 9.64 Å². The van der Waals surface area contributed by atoms with Gasteiger partial charge in [0.25, 0.3) is 0 Å². The zero-order valence-corrected chi connectivity index (χ0v) is 10.5. The summed E-state index contributed by atoms with van der Waals surface area (Å²) in [6.45, 7) is 0.529. The third-order valence-electron chi connectivity index (χ3n) is 3.00. The van der Waals surface area contributed by atoms with Gasteiger partial charge >= 0.3 is 6.36 Å². The number of nitrogens with zero attached hydrogens (tertiary/aromatic N) is 2. The molecule has 2 heterocycles. The van der Waals surface area contributed by atoms with E-state index in [-0.39, 0.29) is 19.4 Å². The molecule has 0 N–H and O–H groups in total. The normalized spacial score (nSPS) is 19.6. The molecule has 8 heteroatoms. The van der Waals surface area contributed by atoms with Gasteiger partial charge in [0, 0.05) is 25.9 Å². The summed E-state index contributed by atoms with van der Waals surface area (Å²) in [7, 11) is 0. The molecule has 0 unspecified atom stereocenters. The quantitative estimate of drug-likeness (QED) is 0.780. The molecule has 3 nitrogen and oxygen atoms in total. The Bertz CT molecular complexity index is 446. The molecular formula is C12H13F5N2O. The first-order valence-electron chi connectivity index (χ1n) is 6.10. The van der Waals surface area contributed by atoms with Crippen LogP contribution in [0.3, 0.4) is 0 Å². The summed E-state index contributed by atoms with van der Waals surface area (Å²) in [5.74, 6) is -2.74. The number of hydrogen-bond acceptors (Lipinski definition) is 3. The summed E-state index contributed by atoms with van der Waals surface area (Å²) in [6.07, 6.45) is -3.98. The third-order valence-corrected chi connectivity index (χ3v) is 3.00. The van der Waals surface area contributed by atoms with Gasteiger partial charge in [0.1, 0.15) is 11.6 Å². The molecule has 1 aliphatic rings. The minimum absolute atomic E-state index is 0.124. The predicted molar refractivity (Wildman–Crippen MR) is 61.9 cm³/mol. The molecule has 0 amide bonds. The van der Waals surface area contributed by atoms with Crippen molar-refractivity contribution in [3.05, 3.63) is 18.3 Å². The fraction of sp³-hybridized carbons (Fsp3) is 0.583. The van der Waals surface area contributed by atoms with Gasteiger partial charge in [-0.15, -0.1) is 13.2 Å². The number of hydrogen-bond donors (Lipinski definition) is 0. The highest BCUT2D eigenvalue weighted by Crippen LogP contribution is 2.30. The monoisotopic (exact) mass is 296 g/mol. The van der Waals surface area contributed by atoms with Crippen molar-refractivity contribution in [2.24, 2.45) is 0 Å². The molecule has 112 valence electrons. The van der Waals surface area contributed by atoms with E-state index in [4.69, 9.17) is 0 Å². The molecule has 2 rings (SSSR count). The fourth-order valence-electron chi connectivity index (χ4n) is 2.05. The average Bonchev–Trinajstić information content (AvgIpc) is 2.49. The van der Waals surface area contributed by atoms with Crippen LogP contribution in [0.4, 0.5) is 27.8 Å². The lowest BCUT2D eigenvalue weighted by Crippen LogP contribution is -2.26. The van der Waals surface area contributed by atoms with Crippen LogP contribution in [0.2, 0.25) is 0 Å². The molecule has 0 aliphatic carbocycles. The molecule has 0 aromatic carbocycles. The summed E-state index contributed by atoms with van der Waals surface area (Å²) >= 11 is 0. The van der Waals surface area contributed by atoms with Gasteiger partial charge in [0.2, 0.25) is 5.92 Å². The van der Waals surface area contributed by atoms with Crippen LogP contribution in [-0.2, 0) is 0 Å². The number of aromatic nitrogens is 1. The highest BCUT2D eigenvalue weighted by molar-refractivity contribution is 5.41. The van der Waals surface area contributed by atoms with Crippen LogP contribution in [-0.4, -0.2) is 30.4 Å². The molecule has 0 radical (unpaired) electrons. The zero-order valence-electron chi connectivity index (χ0n) is 10.5. The van der Waals surface area contributed by atoms with Crippen LogP contribution in [0.25, 0.3) is 0 Å². The summed E-state index contributed by atoms with van der Waals surface area (Å²) < 4.78 is 66.1. The highest BCUT2D eigenvalue weighted by Gasteiger charge is 2.33. The van der Waals surface area contributed by atoms with Gasteiger partial charge in [-0.1, -0.05) is 0 Å². The first-order chi connectivity index (χ1) is 9.25. The molecular weight excluding hydrogens is 283 g/mol. The second kappa shape index (κ2) is 5.41. The summed E-state index contributed by atoms with van der Waals surface area (Å²) in [6, 6.07) is 2.46. The Kier molecular flexibility index (Phi) is 4.01. The Morgan fingerprint density at radius 3 is 2.50 bits per heavy atom. The van der Waals surface area contributed by atoms with Gasteiger partial charge in [-0.2, -0.15) is 0 Å². The smallest absolute Gasteiger partial charge is 0.404 e. The standard InChI is InChI=1S/C12H13F5N2O/c13-11(14)4-1-6-19(7-5-11)10-3-2-9(8-18-10)20-12(15,16)17/h2-3,8H,1,4-7H2. The minimum atomic E-state index is -4.77. The highest BCUT2D eigenvalue weighted by atomic mass is 19.4. The van der Waals surface area contributed by atoms with E-state index in [1.165, 1.54) is 6.07 Å². The van der Waals surface area contributed by atoms with Crippen molar-refractivity contribution >= 4 is 5.82 Å². The molecule has 1 aromatic rings. The van der Waals surface area contributed by atoms with Crippen molar-refractivity contribution in [3.8, 4) is 5.75 Å². The van der Waals surface area contributed by atoms with E-state index in [0.717, 1.165) is 12.3 Å². The van der Waals surface area contributed by atoms with E-state index in [1.807, 2.05) is 0 Å². The van der Waals surface area contributed by atoms with Crippen LogP contribution in [0.5, 0.6) is 5.75 Å². The number of anilines is 1. The largest absolute Gasteiger partial charge is 0.573 e. The van der Waals surface area contributed by atoms with Gasteiger partial charge < -0.3 is 9.64 Å². The Balaban J connectivity index is 2.03. The maximum atomic E-state index is 13.2. The van der Waals surface area contributed by atoms with Gasteiger partial charge in [-0.05, 0) is 18.6 Å². The lowest BCUT2D eigenvalue weighted by Gasteiger charge is -2.21. The van der Waals surface area contributed by atoms with E-state index in [9.17, 15) is 22.0 Å². The van der Waals surface area contributed by atoms with E-state index in [2.05, 4.69) is 9.72 Å². The number of pyridine rings is 1. The molecule has 0 saturated carbocycles. The van der Waals surface area contributed by atoms with E-state index in [0.29, 0.717) is 18.8 Å². The summed E-state index contributed by atoms with van der Waals surface area (Å²) in [4.78, 5) is 5.47. The van der Waals surface area contributed by atoms with Crippen LogP contribution >= 0.6 is 0 Å². The van der Waals surface area contributed by atoms with Gasteiger partial charge in [0.15, 0.2) is 0 Å². The third kappa shape index (κ3) is 4.21. The Labute approximate surface area is 112 Å². The molecule has 0 bridgehead atoms. The lowest BCUT2D eigenvalue weighted by atomic mass is 10.1. The summed E-state index contributed by atoms with van der Waals surface area (Å²) in [5, 5.41) is 0. The maximum absolute atomic E-state index is 13.2. The minimum Gasteiger partial charge on any atom is -0.404 e. The SMILES string of the molecule is FC1(F)CCCN(c2ccc(OC(F)(F)F)cn2)CC1. The van der Waals surface area contributed by atoms with Crippen LogP contribution in [0.1, 0.15) is 19.3 Å². The van der Waals surface area contributed by atoms with Crippen LogP contribution in [0, 0.1) is 0 Å². The van der Waals surface area contributed by atoms with Crippen molar-refractivity contribution in [1.29, 1.82) is 0 Å². The number of halogens is 5. The topological polar surface area (TPSA) is 25.4 Å². The molecule has 1 fully saturated rings. The van der Waals surface area contributed by atoms with Crippen molar-refractivity contribution in [1.82, 2.24) is 4.98 Å². The van der Waals surface area contributed by atoms with Gasteiger partial charge in [-0.3, -0.25) is 0 Å². The van der Waals surface area contributed by atoms with Gasteiger partial charge in [-0.25, -0.2) is 13.8 Å². The van der Waals surface area contributed by atoms with Crippen LogP contribution in [0.15, 0.2) is 18.3 Å². The van der Waals surface area contributed by atoms with Crippen molar-refractivity contribution in [2.75, 3.05) is 18.0 Å². The number of ether oxygens (including phenoxy) is 1. The zero-order chi connectivity index (χ0) is 14.8. The van der Waals surface area contributed by atoms with Crippen molar-refractivity contribution < 1.29 is 26.7 Å². The Hall–Kier alpha value is -1.60. The van der Waals surface area contributed by atoms with Gasteiger partial charge in [0.05, 0.1) is 6.20 Å². The van der Waals surface area contributed by atoms with Crippen molar-refractivity contribution in [3.63, 3.8) is 0 Å². The van der Waals surface area contributed by atoms with E-state index >= 15 is 0 Å². The molecule has 1 aromatic heterocycles. The second-order valence-corrected chi connectivity index (χ2v) is 4.60. The fourth-order valence-corrected chi connectivity index (χ4v) is 2.05. The maximum Gasteiger partial charge on any atom is 0.573 e. The number of alkyl halides is 5. The predicted octanol–water partition coefficient (Wildman–Crippen LogP) is 3.61. The molecule has 1 saturated heterocycles. The number of rotatable bonds is 2. The Morgan fingerprint density at radius 1 is 1.15 bits per heavy atom. The first-order valence-corrected chi connectivity index (χ1v) is 6.10. The molecule has 20 heavy (non-hydrogen) atoms.